The second kappa shape index (κ2) is 14.9. The highest BCUT2D eigenvalue weighted by Crippen LogP contribution is 2.34. The number of nitrogens with two attached hydrogens (primary N) is 1. The van der Waals surface area contributed by atoms with Crippen molar-refractivity contribution in [3.63, 3.8) is 0 Å². The molecule has 19 heteroatoms. The molecule has 2 aromatic carbocycles. The van der Waals surface area contributed by atoms with Crippen molar-refractivity contribution < 1.29 is 39.9 Å². The Bertz CT molecular complexity index is 2000. The summed E-state index contributed by atoms with van der Waals surface area (Å²) in [5.74, 6) is 0.402. The van der Waals surface area contributed by atoms with Crippen molar-refractivity contribution in [1.82, 2.24) is 24.2 Å². The Hall–Kier alpha value is -4.27. The van der Waals surface area contributed by atoms with Crippen molar-refractivity contribution in [3.8, 4) is 11.5 Å². The minimum Gasteiger partial charge on any atom is -0.454 e. The Morgan fingerprint density at radius 2 is 1.74 bits per heavy atom. The van der Waals surface area contributed by atoms with Gasteiger partial charge in [0.2, 0.25) is 5.91 Å². The number of nitrogens with one attached hydrogen (secondary N) is 2. The van der Waals surface area contributed by atoms with Crippen LogP contribution in [0.4, 0.5) is 15.9 Å². The van der Waals surface area contributed by atoms with E-state index in [0.717, 1.165) is 21.1 Å². The molecular weight excluding hydrogens is 666 g/mol. The average Bonchev–Trinajstić information content (AvgIpc) is 3.56. The molecule has 5 rings (SSSR count). The molecule has 3 heterocycles. The van der Waals surface area contributed by atoms with Crippen LogP contribution >= 0.6 is 11.5 Å². The predicted molar refractivity (Wildman–Crippen MR) is 173 cm³/mol. The normalized spacial score (nSPS) is 11.7. The zero-order chi connectivity index (χ0) is 34.3. The van der Waals surface area contributed by atoms with E-state index in [0.29, 0.717) is 42.9 Å². The number of carbonyl (C=O) groups excluding carboxylic acids is 1. The largest absolute Gasteiger partial charge is 0.454 e. The lowest BCUT2D eigenvalue weighted by atomic mass is 10.1. The van der Waals surface area contributed by atoms with E-state index < -0.39 is 31.6 Å². The van der Waals surface area contributed by atoms with Crippen LogP contribution in [0, 0.1) is 5.82 Å². The van der Waals surface area contributed by atoms with Crippen LogP contribution in [0.15, 0.2) is 61.2 Å². The molecule has 0 atom stereocenters. The Morgan fingerprint density at radius 1 is 1.07 bits per heavy atom. The van der Waals surface area contributed by atoms with E-state index in [1.54, 1.807) is 38.2 Å². The number of anilines is 2. The van der Waals surface area contributed by atoms with Gasteiger partial charge >= 0.3 is 0 Å². The second-order valence-corrected chi connectivity index (χ2v) is 14.0. The van der Waals surface area contributed by atoms with Crippen LogP contribution in [-0.4, -0.2) is 75.4 Å². The van der Waals surface area contributed by atoms with Crippen molar-refractivity contribution >= 4 is 70.3 Å². The molecule has 0 bridgehead atoms. The highest BCUT2D eigenvalue weighted by Gasteiger charge is 2.21. The summed E-state index contributed by atoms with van der Waals surface area (Å²) >= 11 is 1.36. The van der Waals surface area contributed by atoms with E-state index in [9.17, 15) is 26.0 Å². The summed E-state index contributed by atoms with van der Waals surface area (Å²) in [5.41, 5.74) is 6.83. The number of nitrogens with zero attached hydrogens (tertiary/aromatic N) is 4. The molecule has 0 spiro atoms. The molecule has 3 aromatic heterocycles. The van der Waals surface area contributed by atoms with E-state index >= 15 is 0 Å². The van der Waals surface area contributed by atoms with Crippen LogP contribution in [0.3, 0.4) is 0 Å². The maximum atomic E-state index is 15.0. The van der Waals surface area contributed by atoms with Gasteiger partial charge < -0.3 is 25.7 Å². The van der Waals surface area contributed by atoms with Gasteiger partial charge in [0.15, 0.2) is 17.4 Å². The number of halogens is 1. The van der Waals surface area contributed by atoms with Gasteiger partial charge in [-0.3, -0.25) is 13.9 Å². The number of rotatable bonds is 8. The number of amides is 1. The minimum absolute atomic E-state index is 0.106. The molecule has 46 heavy (non-hydrogen) atoms. The van der Waals surface area contributed by atoms with Gasteiger partial charge in [0.05, 0.1) is 39.9 Å². The number of hydrogen-bond acceptors (Lipinski definition) is 12. The SMILES string of the molecule is CC(C)(N)C(=O)NCCn1ccc2ncnc(Nc3ccc(Oc4cccc5sncc45)c(F)c3)c21.CS(=O)(=O)O.CS(=O)(=O)O. The van der Waals surface area contributed by atoms with Gasteiger partial charge in [-0.25, -0.2) is 14.4 Å². The lowest BCUT2D eigenvalue weighted by molar-refractivity contribution is -0.125. The fraction of sp³-hybridized carbons (Fsp3) is 0.259. The maximum Gasteiger partial charge on any atom is 0.261 e. The second-order valence-electron chi connectivity index (χ2n) is 10.3. The monoisotopic (exact) mass is 697 g/mol. The van der Waals surface area contributed by atoms with Gasteiger partial charge in [0.25, 0.3) is 20.2 Å². The summed E-state index contributed by atoms with van der Waals surface area (Å²) in [6.07, 6.45) is 6.44. The minimum atomic E-state index is -3.67. The number of carbonyl (C=O) groups is 1. The quantitative estimate of drug-likeness (QED) is 0.146. The van der Waals surface area contributed by atoms with Crippen molar-refractivity contribution in [2.45, 2.75) is 25.9 Å². The van der Waals surface area contributed by atoms with Crippen LogP contribution in [0.25, 0.3) is 21.1 Å². The number of benzene rings is 2. The van der Waals surface area contributed by atoms with Gasteiger partial charge in [-0.15, -0.1) is 0 Å². The zero-order valence-corrected chi connectivity index (χ0v) is 27.5. The standard InChI is InChI=1S/C25H24FN7O2S.2CH4O3S/c1-25(2,27)24(34)28-9-11-33-10-8-18-22(33)23(30-14-29-18)32-15-6-7-20(17(26)12-15)35-19-4-3-5-21-16(19)13-31-36-21;2*1-5(2,3)4/h3-8,10,12-14H,9,11,27H2,1-2H3,(H,28,34)(H,29,30,32);2*1H3,(H,2,3,4). The molecule has 0 radical (unpaired) electrons. The third kappa shape index (κ3) is 11.6. The molecule has 0 fully saturated rings. The van der Waals surface area contributed by atoms with Crippen LogP contribution in [0.5, 0.6) is 11.5 Å². The first-order valence-electron chi connectivity index (χ1n) is 13.1. The van der Waals surface area contributed by atoms with E-state index in [4.69, 9.17) is 19.6 Å². The van der Waals surface area contributed by atoms with Crippen molar-refractivity contribution in [1.29, 1.82) is 0 Å². The van der Waals surface area contributed by atoms with Gasteiger partial charge in [0.1, 0.15) is 17.6 Å². The fourth-order valence-corrected chi connectivity index (χ4v) is 4.36. The van der Waals surface area contributed by atoms with Gasteiger partial charge in [-0.2, -0.15) is 21.2 Å². The predicted octanol–water partition coefficient (Wildman–Crippen LogP) is 3.58. The van der Waals surface area contributed by atoms with Gasteiger partial charge in [-0.1, -0.05) is 6.07 Å². The third-order valence-corrected chi connectivity index (χ3v) is 6.31. The van der Waals surface area contributed by atoms with E-state index in [2.05, 4.69) is 25.0 Å². The summed E-state index contributed by atoms with van der Waals surface area (Å²) in [5, 5.41) is 6.83. The maximum absolute atomic E-state index is 15.0. The molecule has 0 aliphatic heterocycles. The average molecular weight is 698 g/mol. The van der Waals surface area contributed by atoms with Crippen LogP contribution in [-0.2, 0) is 31.6 Å². The molecule has 5 aromatic rings. The molecule has 248 valence electrons. The van der Waals surface area contributed by atoms with Crippen molar-refractivity contribution in [2.24, 2.45) is 5.73 Å². The fourth-order valence-electron chi connectivity index (χ4n) is 3.70. The molecular formula is C27H32FN7O8S3. The Labute approximate surface area is 268 Å². The van der Waals surface area contributed by atoms with E-state index in [1.807, 2.05) is 29.0 Å². The van der Waals surface area contributed by atoms with Crippen molar-refractivity contribution in [2.75, 3.05) is 24.4 Å². The molecule has 1 amide bonds. The van der Waals surface area contributed by atoms with Crippen LogP contribution in [0.2, 0.25) is 0 Å². The van der Waals surface area contributed by atoms with E-state index in [-0.39, 0.29) is 11.7 Å². The highest BCUT2D eigenvalue weighted by molar-refractivity contribution is 7.85. The molecule has 0 saturated carbocycles. The molecule has 0 aliphatic carbocycles. The summed E-state index contributed by atoms with van der Waals surface area (Å²) < 4.78 is 79.6. The number of hydrogen-bond donors (Lipinski definition) is 5. The smallest absolute Gasteiger partial charge is 0.261 e. The number of fused-ring (bicyclic) bond motifs is 2. The molecule has 0 saturated heterocycles. The molecule has 0 aliphatic rings. The Balaban J connectivity index is 0.000000503. The summed E-state index contributed by atoms with van der Waals surface area (Å²) in [6, 6.07) is 12.1. The molecule has 6 N–H and O–H groups in total. The first-order valence-corrected chi connectivity index (χ1v) is 17.6. The van der Waals surface area contributed by atoms with Crippen LogP contribution in [0.1, 0.15) is 13.8 Å². The molecule has 0 unspecified atom stereocenters. The van der Waals surface area contributed by atoms with Gasteiger partial charge in [0, 0.05) is 31.0 Å². The number of ether oxygens (including phenoxy) is 1. The highest BCUT2D eigenvalue weighted by atomic mass is 32.2. The summed E-state index contributed by atoms with van der Waals surface area (Å²) in [4.78, 5) is 20.7. The summed E-state index contributed by atoms with van der Waals surface area (Å²) in [7, 11) is -7.33. The Kier molecular flexibility index (Phi) is 11.7. The zero-order valence-electron chi connectivity index (χ0n) is 25.0. The number of aromatic nitrogens is 4. The summed E-state index contributed by atoms with van der Waals surface area (Å²) in [6.45, 7) is 4.17. The third-order valence-electron chi connectivity index (χ3n) is 5.55. The first kappa shape index (κ1) is 36.2. The Morgan fingerprint density at radius 3 is 2.37 bits per heavy atom. The molecule has 15 nitrogen and oxygen atoms in total. The topological polar surface area (TPSA) is 229 Å². The van der Waals surface area contributed by atoms with Gasteiger partial charge in [-0.05, 0) is 55.7 Å². The first-order chi connectivity index (χ1) is 21.3. The lowest BCUT2D eigenvalue weighted by Gasteiger charge is -2.18. The van der Waals surface area contributed by atoms with E-state index in [1.165, 1.54) is 23.9 Å². The lowest BCUT2D eigenvalue weighted by Crippen LogP contribution is -2.49. The van der Waals surface area contributed by atoms with Crippen LogP contribution < -0.4 is 21.1 Å². The van der Waals surface area contributed by atoms with Crippen molar-refractivity contribution in [3.05, 3.63) is 67.0 Å².